The van der Waals surface area contributed by atoms with E-state index in [0.717, 1.165) is 11.8 Å². The third-order valence-electron chi connectivity index (χ3n) is 3.82. The highest BCUT2D eigenvalue weighted by molar-refractivity contribution is 8.27. The Morgan fingerprint density at radius 1 is 1.19 bits per heavy atom. The molecule has 1 amide bonds. The summed E-state index contributed by atoms with van der Waals surface area (Å²) in [6.07, 6.45) is 1.68. The van der Waals surface area contributed by atoms with E-state index in [0.29, 0.717) is 32.0 Å². The SMILES string of the molecule is COc1ccc(/C=C2\SC(=S)N(c3cccc([N+](=O)[O-])c3)C2=O)c(OC)c1. The average molecular weight is 402 g/mol. The van der Waals surface area contributed by atoms with Crippen LogP contribution in [0.2, 0.25) is 0 Å². The van der Waals surface area contributed by atoms with Crippen molar-refractivity contribution < 1.29 is 19.2 Å². The molecule has 2 aromatic carbocycles. The lowest BCUT2D eigenvalue weighted by molar-refractivity contribution is -0.384. The Labute approximate surface area is 164 Å². The summed E-state index contributed by atoms with van der Waals surface area (Å²) < 4.78 is 10.8. The molecule has 0 N–H and O–H groups in total. The predicted octanol–water partition coefficient (Wildman–Crippen LogP) is 4.02. The quantitative estimate of drug-likeness (QED) is 0.323. The Bertz CT molecular complexity index is 974. The molecule has 27 heavy (non-hydrogen) atoms. The molecule has 9 heteroatoms. The zero-order valence-corrected chi connectivity index (χ0v) is 16.0. The van der Waals surface area contributed by atoms with Crippen LogP contribution in [0.4, 0.5) is 11.4 Å². The van der Waals surface area contributed by atoms with Crippen molar-refractivity contribution in [1.82, 2.24) is 0 Å². The van der Waals surface area contributed by atoms with Gasteiger partial charge in [0.05, 0.1) is 29.7 Å². The largest absolute Gasteiger partial charge is 0.497 e. The van der Waals surface area contributed by atoms with Crippen LogP contribution in [0.15, 0.2) is 47.4 Å². The van der Waals surface area contributed by atoms with Gasteiger partial charge in [0.1, 0.15) is 11.5 Å². The number of nitro benzene ring substituents is 1. The summed E-state index contributed by atoms with van der Waals surface area (Å²) >= 11 is 6.44. The van der Waals surface area contributed by atoms with E-state index in [9.17, 15) is 14.9 Å². The first kappa shape index (κ1) is 18.9. The van der Waals surface area contributed by atoms with Gasteiger partial charge >= 0.3 is 0 Å². The van der Waals surface area contributed by atoms with Crippen molar-refractivity contribution in [3.8, 4) is 11.5 Å². The summed E-state index contributed by atoms with van der Waals surface area (Å²) in [4.78, 5) is 25.0. The van der Waals surface area contributed by atoms with Gasteiger partial charge < -0.3 is 9.47 Å². The van der Waals surface area contributed by atoms with Crippen LogP contribution in [0.3, 0.4) is 0 Å². The second kappa shape index (κ2) is 7.77. The van der Waals surface area contributed by atoms with Crippen LogP contribution in [0.25, 0.3) is 6.08 Å². The second-order valence-corrected chi connectivity index (χ2v) is 7.08. The van der Waals surface area contributed by atoms with Gasteiger partial charge in [0.25, 0.3) is 11.6 Å². The highest BCUT2D eigenvalue weighted by Crippen LogP contribution is 2.38. The minimum absolute atomic E-state index is 0.109. The first-order valence-electron chi connectivity index (χ1n) is 7.69. The van der Waals surface area contributed by atoms with E-state index in [1.165, 1.54) is 30.2 Å². The molecule has 2 aromatic rings. The Hall–Kier alpha value is -2.91. The molecule has 0 atom stereocenters. The van der Waals surface area contributed by atoms with Crippen LogP contribution in [-0.4, -0.2) is 29.4 Å². The van der Waals surface area contributed by atoms with E-state index in [1.54, 1.807) is 37.5 Å². The maximum atomic E-state index is 12.8. The molecule has 0 aliphatic carbocycles. The number of hydrogen-bond donors (Lipinski definition) is 0. The van der Waals surface area contributed by atoms with Crippen LogP contribution < -0.4 is 14.4 Å². The number of non-ortho nitro benzene ring substituents is 1. The van der Waals surface area contributed by atoms with Gasteiger partial charge in [0.2, 0.25) is 0 Å². The molecule has 0 radical (unpaired) electrons. The molecule has 1 aliphatic rings. The molecular formula is C18H14N2O5S2. The summed E-state index contributed by atoms with van der Waals surface area (Å²) in [6, 6.07) is 11.1. The summed E-state index contributed by atoms with van der Waals surface area (Å²) in [6.45, 7) is 0. The van der Waals surface area contributed by atoms with E-state index in [2.05, 4.69) is 0 Å². The number of anilines is 1. The van der Waals surface area contributed by atoms with Crippen molar-refractivity contribution in [2.24, 2.45) is 0 Å². The fraction of sp³-hybridized carbons (Fsp3) is 0.111. The van der Waals surface area contributed by atoms with Crippen molar-refractivity contribution in [2.45, 2.75) is 0 Å². The van der Waals surface area contributed by atoms with Gasteiger partial charge in [-0.3, -0.25) is 19.8 Å². The lowest BCUT2D eigenvalue weighted by atomic mass is 10.1. The zero-order valence-electron chi connectivity index (χ0n) is 14.4. The molecule has 1 saturated heterocycles. The molecule has 1 heterocycles. The smallest absolute Gasteiger partial charge is 0.271 e. The molecule has 0 spiro atoms. The van der Waals surface area contributed by atoms with Crippen LogP contribution in [0.1, 0.15) is 5.56 Å². The minimum Gasteiger partial charge on any atom is -0.497 e. The van der Waals surface area contributed by atoms with Gasteiger partial charge in [-0.15, -0.1) is 0 Å². The molecule has 1 aliphatic heterocycles. The summed E-state index contributed by atoms with van der Waals surface area (Å²) in [5.41, 5.74) is 0.942. The van der Waals surface area contributed by atoms with Crippen molar-refractivity contribution in [3.63, 3.8) is 0 Å². The number of carbonyl (C=O) groups excluding carboxylic acids is 1. The molecule has 7 nitrogen and oxygen atoms in total. The molecule has 1 fully saturated rings. The maximum Gasteiger partial charge on any atom is 0.271 e. The predicted molar refractivity (Wildman–Crippen MR) is 108 cm³/mol. The van der Waals surface area contributed by atoms with Crippen molar-refractivity contribution in [3.05, 3.63) is 63.0 Å². The number of thioether (sulfide) groups is 1. The van der Waals surface area contributed by atoms with Crippen molar-refractivity contribution in [2.75, 3.05) is 19.1 Å². The molecule has 0 bridgehead atoms. The highest BCUT2D eigenvalue weighted by atomic mass is 32.2. The molecular weight excluding hydrogens is 388 g/mol. The topological polar surface area (TPSA) is 81.9 Å². The number of benzene rings is 2. The summed E-state index contributed by atoms with van der Waals surface area (Å²) in [5, 5.41) is 11.0. The number of amides is 1. The first-order chi connectivity index (χ1) is 12.9. The molecule has 0 aromatic heterocycles. The van der Waals surface area contributed by atoms with E-state index in [-0.39, 0.29) is 11.6 Å². The van der Waals surface area contributed by atoms with Crippen LogP contribution >= 0.6 is 24.0 Å². The monoisotopic (exact) mass is 402 g/mol. The molecule has 3 rings (SSSR count). The van der Waals surface area contributed by atoms with Gasteiger partial charge in [0, 0.05) is 23.8 Å². The maximum absolute atomic E-state index is 12.8. The van der Waals surface area contributed by atoms with Gasteiger partial charge in [-0.05, 0) is 24.3 Å². The number of thiocarbonyl (C=S) groups is 1. The summed E-state index contributed by atoms with van der Waals surface area (Å²) in [7, 11) is 3.08. The third-order valence-corrected chi connectivity index (χ3v) is 5.12. The van der Waals surface area contributed by atoms with Crippen molar-refractivity contribution >= 4 is 51.7 Å². The number of rotatable bonds is 5. The number of nitrogens with zero attached hydrogens (tertiary/aromatic N) is 2. The van der Waals surface area contributed by atoms with Gasteiger partial charge in [-0.1, -0.05) is 30.0 Å². The lowest BCUT2D eigenvalue weighted by Gasteiger charge is -2.14. The number of hydrogen-bond acceptors (Lipinski definition) is 7. The Balaban J connectivity index is 1.96. The Morgan fingerprint density at radius 3 is 2.63 bits per heavy atom. The number of carbonyl (C=O) groups is 1. The molecule has 0 unspecified atom stereocenters. The van der Waals surface area contributed by atoms with E-state index in [4.69, 9.17) is 21.7 Å². The van der Waals surface area contributed by atoms with Gasteiger partial charge in [-0.25, -0.2) is 0 Å². The fourth-order valence-corrected chi connectivity index (χ4v) is 3.80. The first-order valence-corrected chi connectivity index (χ1v) is 8.91. The van der Waals surface area contributed by atoms with Crippen LogP contribution in [0.5, 0.6) is 11.5 Å². The number of nitro groups is 1. The number of ether oxygens (including phenoxy) is 2. The zero-order chi connectivity index (χ0) is 19.6. The molecule has 0 saturated carbocycles. The van der Waals surface area contributed by atoms with Crippen LogP contribution in [0, 0.1) is 10.1 Å². The summed E-state index contributed by atoms with van der Waals surface area (Å²) in [5.74, 6) is 0.839. The van der Waals surface area contributed by atoms with E-state index < -0.39 is 4.92 Å². The molecule has 138 valence electrons. The Morgan fingerprint density at radius 2 is 1.96 bits per heavy atom. The normalized spacial score (nSPS) is 15.3. The lowest BCUT2D eigenvalue weighted by Crippen LogP contribution is -2.27. The van der Waals surface area contributed by atoms with Crippen LogP contribution in [-0.2, 0) is 4.79 Å². The Kier molecular flexibility index (Phi) is 5.43. The fourth-order valence-electron chi connectivity index (χ4n) is 2.51. The van der Waals surface area contributed by atoms with E-state index >= 15 is 0 Å². The van der Waals surface area contributed by atoms with E-state index in [1.807, 2.05) is 0 Å². The minimum atomic E-state index is -0.515. The van der Waals surface area contributed by atoms with Gasteiger partial charge in [0.15, 0.2) is 4.32 Å². The number of methoxy groups -OCH3 is 2. The highest BCUT2D eigenvalue weighted by Gasteiger charge is 2.34. The second-order valence-electron chi connectivity index (χ2n) is 5.40. The average Bonchev–Trinajstić information content (AvgIpc) is 2.95. The van der Waals surface area contributed by atoms with Crippen molar-refractivity contribution in [1.29, 1.82) is 0 Å². The third kappa shape index (κ3) is 3.79. The van der Waals surface area contributed by atoms with Gasteiger partial charge in [-0.2, -0.15) is 0 Å². The standard InChI is InChI=1S/C18H14N2O5S2/c1-24-14-7-6-11(15(10-14)25-2)8-16-17(21)19(18(26)27-16)12-4-3-5-13(9-12)20(22)23/h3-10H,1-2H3/b16-8-.